The molecule has 1 rings (SSSR count). The van der Waals surface area contributed by atoms with E-state index in [1.165, 1.54) is 12.8 Å². The van der Waals surface area contributed by atoms with Crippen LogP contribution in [0.4, 0.5) is 0 Å². The van der Waals surface area contributed by atoms with Gasteiger partial charge in [0.05, 0.1) is 11.0 Å². The topological polar surface area (TPSA) is 46.2 Å². The third-order valence-electron chi connectivity index (χ3n) is 3.42. The molecule has 0 bridgehead atoms. The van der Waals surface area contributed by atoms with Crippen LogP contribution in [0.3, 0.4) is 0 Å². The van der Waals surface area contributed by atoms with Gasteiger partial charge in [0.1, 0.15) is 0 Å². The van der Waals surface area contributed by atoms with Gasteiger partial charge in [-0.15, -0.1) is 0 Å². The minimum absolute atomic E-state index is 0.119. The first-order chi connectivity index (χ1) is 7.10. The molecule has 1 aliphatic rings. The Labute approximate surface area is 93.6 Å². The van der Waals surface area contributed by atoms with Crippen LogP contribution in [0.2, 0.25) is 0 Å². The Morgan fingerprint density at radius 1 is 1.33 bits per heavy atom. The zero-order chi connectivity index (χ0) is 11.3. The average molecular weight is 233 g/mol. The summed E-state index contributed by atoms with van der Waals surface area (Å²) in [5.41, 5.74) is 0. The second-order valence-electron chi connectivity index (χ2n) is 4.47. The number of sulfone groups is 1. The maximum atomic E-state index is 11.5. The van der Waals surface area contributed by atoms with Crippen molar-refractivity contribution in [3.05, 3.63) is 0 Å². The Morgan fingerprint density at radius 3 is 2.47 bits per heavy atom. The normalized spacial score (nSPS) is 24.9. The Hall–Kier alpha value is -0.0900. The van der Waals surface area contributed by atoms with Crippen molar-refractivity contribution < 1.29 is 8.42 Å². The van der Waals surface area contributed by atoms with E-state index in [0.717, 1.165) is 19.4 Å². The van der Waals surface area contributed by atoms with E-state index in [9.17, 15) is 8.42 Å². The predicted octanol–water partition coefficient (Wildman–Crippen LogP) is 1.59. The highest BCUT2D eigenvalue weighted by Crippen LogP contribution is 2.19. The fourth-order valence-electron chi connectivity index (χ4n) is 2.11. The summed E-state index contributed by atoms with van der Waals surface area (Å²) >= 11 is 0. The molecule has 0 unspecified atom stereocenters. The first-order valence-electron chi connectivity index (χ1n) is 6.02. The summed E-state index contributed by atoms with van der Waals surface area (Å²) < 4.78 is 23.1. The maximum Gasteiger partial charge on any atom is 0.154 e. The number of hydrogen-bond acceptors (Lipinski definition) is 3. The molecule has 0 radical (unpaired) electrons. The predicted molar refractivity (Wildman–Crippen MR) is 63.8 cm³/mol. The van der Waals surface area contributed by atoms with Crippen LogP contribution >= 0.6 is 0 Å². The van der Waals surface area contributed by atoms with Gasteiger partial charge >= 0.3 is 0 Å². The molecule has 0 saturated carbocycles. The van der Waals surface area contributed by atoms with Crippen molar-refractivity contribution >= 4 is 9.84 Å². The zero-order valence-electron chi connectivity index (χ0n) is 9.83. The summed E-state index contributed by atoms with van der Waals surface area (Å²) in [6, 6.07) is 0. The molecule has 0 aromatic carbocycles. The molecule has 15 heavy (non-hydrogen) atoms. The smallest absolute Gasteiger partial charge is 0.154 e. The summed E-state index contributed by atoms with van der Waals surface area (Å²) in [7, 11) is -2.76. The van der Waals surface area contributed by atoms with Gasteiger partial charge in [-0.3, -0.25) is 0 Å². The molecule has 1 heterocycles. The molecule has 0 aliphatic carbocycles. The largest absolute Gasteiger partial charge is 0.315 e. The molecule has 1 N–H and O–H groups in total. The molecule has 3 nitrogen and oxygen atoms in total. The monoisotopic (exact) mass is 233 g/mol. The van der Waals surface area contributed by atoms with E-state index >= 15 is 0 Å². The minimum Gasteiger partial charge on any atom is -0.315 e. The molecule has 1 fully saturated rings. The van der Waals surface area contributed by atoms with Crippen molar-refractivity contribution in [1.29, 1.82) is 0 Å². The van der Waals surface area contributed by atoms with E-state index in [1.54, 1.807) is 0 Å². The Kier molecular flexibility index (Phi) is 5.06. The van der Waals surface area contributed by atoms with Gasteiger partial charge in [0.25, 0.3) is 0 Å². The van der Waals surface area contributed by atoms with Crippen molar-refractivity contribution in [2.24, 2.45) is 5.92 Å². The van der Waals surface area contributed by atoms with Gasteiger partial charge in [0.2, 0.25) is 0 Å². The first kappa shape index (κ1) is 13.0. The van der Waals surface area contributed by atoms with Gasteiger partial charge in [0, 0.05) is 6.54 Å². The molecule has 4 heteroatoms. The molecule has 0 spiro atoms. The van der Waals surface area contributed by atoms with E-state index in [2.05, 4.69) is 19.2 Å². The molecular weight excluding hydrogens is 210 g/mol. The van der Waals surface area contributed by atoms with Crippen LogP contribution in [-0.4, -0.2) is 32.5 Å². The Balaban J connectivity index is 2.26. The number of nitrogens with one attached hydrogen (secondary N) is 1. The molecule has 90 valence electrons. The highest BCUT2D eigenvalue weighted by atomic mass is 32.2. The van der Waals surface area contributed by atoms with Crippen LogP contribution in [0.25, 0.3) is 0 Å². The third kappa shape index (κ3) is 3.76. The van der Waals surface area contributed by atoms with Crippen molar-refractivity contribution in [1.82, 2.24) is 5.32 Å². The third-order valence-corrected chi connectivity index (χ3v) is 5.70. The second kappa shape index (κ2) is 5.85. The van der Waals surface area contributed by atoms with Gasteiger partial charge in [-0.1, -0.05) is 26.7 Å². The molecule has 0 aromatic heterocycles. The molecular formula is C11H23NO2S. The Bertz CT molecular complexity index is 270. The van der Waals surface area contributed by atoms with Crippen LogP contribution in [0, 0.1) is 5.92 Å². The fourth-order valence-corrected chi connectivity index (χ4v) is 3.91. The van der Waals surface area contributed by atoms with Gasteiger partial charge in [-0.05, 0) is 25.3 Å². The van der Waals surface area contributed by atoms with E-state index in [4.69, 9.17) is 0 Å². The van der Waals surface area contributed by atoms with Crippen molar-refractivity contribution in [3.63, 3.8) is 0 Å². The van der Waals surface area contributed by atoms with Gasteiger partial charge in [-0.25, -0.2) is 8.42 Å². The van der Waals surface area contributed by atoms with Crippen LogP contribution in [0.5, 0.6) is 0 Å². The summed E-state index contributed by atoms with van der Waals surface area (Å²) in [5.74, 6) is 1.08. The van der Waals surface area contributed by atoms with Crippen LogP contribution in [0.1, 0.15) is 39.5 Å². The lowest BCUT2D eigenvalue weighted by Gasteiger charge is -2.15. The van der Waals surface area contributed by atoms with Crippen molar-refractivity contribution in [2.45, 2.75) is 44.8 Å². The van der Waals surface area contributed by atoms with Crippen LogP contribution in [0.15, 0.2) is 0 Å². The summed E-state index contributed by atoms with van der Waals surface area (Å²) in [5, 5.41) is 3.19. The van der Waals surface area contributed by atoms with E-state index in [0.29, 0.717) is 18.2 Å². The van der Waals surface area contributed by atoms with Crippen molar-refractivity contribution in [2.75, 3.05) is 18.8 Å². The first-order valence-corrected chi connectivity index (χ1v) is 7.74. The number of hydrogen-bond donors (Lipinski definition) is 1. The second-order valence-corrected chi connectivity index (χ2v) is 6.87. The van der Waals surface area contributed by atoms with Crippen LogP contribution < -0.4 is 5.32 Å². The van der Waals surface area contributed by atoms with E-state index < -0.39 is 9.84 Å². The van der Waals surface area contributed by atoms with E-state index in [1.807, 2.05) is 0 Å². The SMILES string of the molecule is CCC(CC)CNC[C@H]1CCCS1(=O)=O. The van der Waals surface area contributed by atoms with Crippen LogP contribution in [-0.2, 0) is 9.84 Å². The molecule has 1 saturated heterocycles. The molecule has 0 aromatic rings. The molecule has 1 aliphatic heterocycles. The highest BCUT2D eigenvalue weighted by Gasteiger charge is 2.30. The number of rotatable bonds is 6. The van der Waals surface area contributed by atoms with E-state index in [-0.39, 0.29) is 5.25 Å². The molecule has 0 amide bonds. The lowest BCUT2D eigenvalue weighted by atomic mass is 10.0. The zero-order valence-corrected chi connectivity index (χ0v) is 10.6. The summed E-state index contributed by atoms with van der Waals surface area (Å²) in [6.07, 6.45) is 4.03. The lowest BCUT2D eigenvalue weighted by Crippen LogP contribution is -2.33. The molecule has 1 atom stereocenters. The highest BCUT2D eigenvalue weighted by molar-refractivity contribution is 7.92. The quantitative estimate of drug-likeness (QED) is 0.758. The summed E-state index contributed by atoms with van der Waals surface area (Å²) in [4.78, 5) is 0. The summed E-state index contributed by atoms with van der Waals surface area (Å²) in [6.45, 7) is 5.97. The van der Waals surface area contributed by atoms with Crippen molar-refractivity contribution in [3.8, 4) is 0 Å². The standard InChI is InChI=1S/C11H23NO2S/c1-3-10(4-2)8-12-9-11-6-5-7-15(11,13)14/h10-12H,3-9H2,1-2H3/t11-/m1/s1. The minimum atomic E-state index is -2.76. The lowest BCUT2D eigenvalue weighted by molar-refractivity contribution is 0.446. The Morgan fingerprint density at radius 2 is 2.00 bits per heavy atom. The fraction of sp³-hybridized carbons (Fsp3) is 1.00. The van der Waals surface area contributed by atoms with Gasteiger partial charge in [-0.2, -0.15) is 0 Å². The van der Waals surface area contributed by atoms with Gasteiger partial charge < -0.3 is 5.32 Å². The van der Waals surface area contributed by atoms with Gasteiger partial charge in [0.15, 0.2) is 9.84 Å². The maximum absolute atomic E-state index is 11.5. The average Bonchev–Trinajstić information content (AvgIpc) is 2.53.